The minimum absolute atomic E-state index is 0.139. The zero-order valence-corrected chi connectivity index (χ0v) is 19.8. The molecule has 2 aromatic carbocycles. The van der Waals surface area contributed by atoms with Gasteiger partial charge in [0.25, 0.3) is 5.91 Å². The number of Topliss-reactive ketones (excluding diaryl/α,β-unsaturated/α-hetero) is 1. The number of ketones is 1. The molecule has 1 amide bonds. The van der Waals surface area contributed by atoms with Crippen molar-refractivity contribution in [3.8, 4) is 11.4 Å². The molecule has 9 heteroatoms. The van der Waals surface area contributed by atoms with Gasteiger partial charge in [-0.2, -0.15) is 0 Å². The molecule has 4 aromatic rings. The lowest BCUT2D eigenvalue weighted by Crippen LogP contribution is -2.23. The van der Waals surface area contributed by atoms with E-state index >= 15 is 0 Å². The zero-order chi connectivity index (χ0) is 25.2. The Morgan fingerprint density at radius 1 is 1.17 bits per heavy atom. The summed E-state index contributed by atoms with van der Waals surface area (Å²) in [5.41, 5.74) is 10.8. The molecule has 0 radical (unpaired) electrons. The van der Waals surface area contributed by atoms with Gasteiger partial charge in [0.1, 0.15) is 29.2 Å². The van der Waals surface area contributed by atoms with Gasteiger partial charge < -0.3 is 20.4 Å². The fourth-order valence-corrected chi connectivity index (χ4v) is 4.77. The second-order valence-electron chi connectivity index (χ2n) is 8.92. The van der Waals surface area contributed by atoms with Crippen LogP contribution >= 0.6 is 0 Å². The number of amides is 1. The fourth-order valence-electron chi connectivity index (χ4n) is 4.77. The molecule has 1 fully saturated rings. The van der Waals surface area contributed by atoms with Gasteiger partial charge in [-0.25, -0.2) is 14.4 Å². The van der Waals surface area contributed by atoms with Crippen LogP contribution in [0.2, 0.25) is 0 Å². The third-order valence-corrected chi connectivity index (χ3v) is 6.69. The van der Waals surface area contributed by atoms with E-state index in [0.717, 1.165) is 46.8 Å². The van der Waals surface area contributed by atoms with Crippen LogP contribution in [0.3, 0.4) is 0 Å². The molecule has 3 N–H and O–H groups in total. The summed E-state index contributed by atoms with van der Waals surface area (Å²) in [6.45, 7) is 0.262. The van der Waals surface area contributed by atoms with Crippen molar-refractivity contribution in [3.63, 3.8) is 0 Å². The Hall–Kier alpha value is -4.27. The highest BCUT2D eigenvalue weighted by Crippen LogP contribution is 2.37. The van der Waals surface area contributed by atoms with E-state index in [1.807, 2.05) is 35.0 Å². The summed E-state index contributed by atoms with van der Waals surface area (Å²) in [7, 11) is 1.44. The minimum Gasteiger partial charge on any atom is -0.496 e. The number of benzene rings is 2. The lowest BCUT2D eigenvalue weighted by Gasteiger charge is -2.20. The molecule has 0 saturated heterocycles. The van der Waals surface area contributed by atoms with Crippen LogP contribution in [-0.4, -0.2) is 33.3 Å². The van der Waals surface area contributed by atoms with Gasteiger partial charge in [0, 0.05) is 31.3 Å². The van der Waals surface area contributed by atoms with Gasteiger partial charge in [0.05, 0.1) is 18.2 Å². The molecule has 1 aliphatic carbocycles. The Bertz CT molecular complexity index is 1440. The Balaban J connectivity index is 1.38. The molecule has 0 aliphatic heterocycles. The number of halogens is 1. The first-order valence-corrected chi connectivity index (χ1v) is 11.8. The Morgan fingerprint density at radius 3 is 2.64 bits per heavy atom. The second kappa shape index (κ2) is 9.77. The van der Waals surface area contributed by atoms with Crippen molar-refractivity contribution in [1.29, 1.82) is 0 Å². The molecule has 1 aliphatic rings. The number of fused-ring (bicyclic) bond motifs is 1. The molecule has 2 aromatic heterocycles. The largest absolute Gasteiger partial charge is 0.496 e. The normalized spacial score (nSPS) is 14.2. The van der Waals surface area contributed by atoms with Crippen molar-refractivity contribution in [2.75, 3.05) is 12.8 Å². The van der Waals surface area contributed by atoms with Crippen LogP contribution in [0.4, 0.5) is 10.2 Å². The van der Waals surface area contributed by atoms with E-state index < -0.39 is 11.7 Å². The molecular formula is C27H26FN5O3. The number of nitrogens with zero attached hydrogens (tertiary/aromatic N) is 3. The van der Waals surface area contributed by atoms with E-state index in [2.05, 4.69) is 15.3 Å². The Labute approximate surface area is 207 Å². The summed E-state index contributed by atoms with van der Waals surface area (Å²) < 4.78 is 20.8. The van der Waals surface area contributed by atoms with Gasteiger partial charge in [-0.1, -0.05) is 12.1 Å². The molecule has 1 saturated carbocycles. The first-order chi connectivity index (χ1) is 17.4. The van der Waals surface area contributed by atoms with E-state index in [-0.39, 0.29) is 18.0 Å². The van der Waals surface area contributed by atoms with Crippen LogP contribution in [0.25, 0.3) is 16.7 Å². The van der Waals surface area contributed by atoms with Gasteiger partial charge in [0.2, 0.25) is 0 Å². The number of nitrogens with one attached hydrogen (secondary N) is 1. The highest BCUT2D eigenvalue weighted by Gasteiger charge is 2.25. The third-order valence-electron chi connectivity index (χ3n) is 6.69. The standard InChI is InChI=1S/C27H26FN5O3/c1-36-23-11-6-18(28)12-21(23)27(35)30-13-16-2-7-19(8-3-16)33-14-22(17-4-9-20(34)10-5-17)24-25(33)26(29)32-15-31-24/h2-3,6-8,11-12,14-15,17H,4-5,9-10,13H2,1H3,(H,30,35)(H2,29,31,32). The number of hydrogen-bond acceptors (Lipinski definition) is 6. The SMILES string of the molecule is COc1ccc(F)cc1C(=O)NCc1ccc(-n2cc(C3CCC(=O)CC3)c3ncnc(N)c32)cc1. The van der Waals surface area contributed by atoms with E-state index in [4.69, 9.17) is 10.5 Å². The molecular weight excluding hydrogens is 461 g/mol. The molecule has 2 heterocycles. The van der Waals surface area contributed by atoms with E-state index in [1.54, 1.807) is 0 Å². The van der Waals surface area contributed by atoms with Crippen LogP contribution in [-0.2, 0) is 11.3 Å². The van der Waals surface area contributed by atoms with Gasteiger partial charge in [-0.05, 0) is 60.2 Å². The molecule has 8 nitrogen and oxygen atoms in total. The highest BCUT2D eigenvalue weighted by atomic mass is 19.1. The fraction of sp³-hybridized carbons (Fsp3) is 0.259. The van der Waals surface area contributed by atoms with Crippen molar-refractivity contribution < 1.29 is 18.7 Å². The molecule has 5 rings (SSSR count). The van der Waals surface area contributed by atoms with Crippen LogP contribution < -0.4 is 15.8 Å². The van der Waals surface area contributed by atoms with Gasteiger partial charge in [-0.3, -0.25) is 9.59 Å². The summed E-state index contributed by atoms with van der Waals surface area (Å²) in [4.78, 5) is 33.0. The number of carbonyl (C=O) groups is 2. The van der Waals surface area contributed by atoms with Crippen LogP contribution in [0, 0.1) is 5.82 Å². The van der Waals surface area contributed by atoms with Crippen LogP contribution in [0.15, 0.2) is 55.0 Å². The summed E-state index contributed by atoms with van der Waals surface area (Å²) in [5, 5.41) is 2.81. The summed E-state index contributed by atoms with van der Waals surface area (Å²) in [5.74, 6) is 0.317. The van der Waals surface area contributed by atoms with E-state index in [0.29, 0.717) is 30.2 Å². The van der Waals surface area contributed by atoms with E-state index in [1.165, 1.54) is 25.6 Å². The second-order valence-corrected chi connectivity index (χ2v) is 8.92. The predicted octanol–water partition coefficient (Wildman–Crippen LogP) is 4.31. The van der Waals surface area contributed by atoms with Crippen LogP contribution in [0.1, 0.15) is 53.1 Å². The topological polar surface area (TPSA) is 112 Å². The van der Waals surface area contributed by atoms with Gasteiger partial charge >= 0.3 is 0 Å². The van der Waals surface area contributed by atoms with Crippen molar-refractivity contribution in [3.05, 3.63) is 77.5 Å². The monoisotopic (exact) mass is 487 g/mol. The maximum atomic E-state index is 13.6. The average Bonchev–Trinajstić information content (AvgIpc) is 3.29. The quantitative estimate of drug-likeness (QED) is 0.419. The minimum atomic E-state index is -0.508. The number of aromatic nitrogens is 3. The number of anilines is 1. The number of methoxy groups -OCH3 is 1. The van der Waals surface area contributed by atoms with E-state index in [9.17, 15) is 14.0 Å². The highest BCUT2D eigenvalue weighted by molar-refractivity contribution is 5.97. The van der Waals surface area contributed by atoms with Gasteiger partial charge in [0.15, 0.2) is 5.82 Å². The van der Waals surface area contributed by atoms with Crippen molar-refractivity contribution in [2.45, 2.75) is 38.1 Å². The number of hydrogen-bond donors (Lipinski definition) is 2. The lowest BCUT2D eigenvalue weighted by molar-refractivity contribution is -0.120. The summed E-state index contributed by atoms with van der Waals surface area (Å²) in [6, 6.07) is 11.5. The van der Waals surface area contributed by atoms with Gasteiger partial charge in [-0.15, -0.1) is 0 Å². The first-order valence-electron chi connectivity index (χ1n) is 11.8. The maximum absolute atomic E-state index is 13.6. The number of carbonyl (C=O) groups excluding carboxylic acids is 2. The van der Waals surface area contributed by atoms with Crippen molar-refractivity contribution >= 4 is 28.5 Å². The van der Waals surface area contributed by atoms with Crippen molar-refractivity contribution in [2.24, 2.45) is 0 Å². The predicted molar refractivity (Wildman–Crippen MR) is 134 cm³/mol. The lowest BCUT2D eigenvalue weighted by atomic mass is 9.84. The zero-order valence-electron chi connectivity index (χ0n) is 19.8. The molecule has 0 atom stereocenters. The third kappa shape index (κ3) is 4.51. The number of nitrogen functional groups attached to an aromatic ring is 1. The number of nitrogens with two attached hydrogens (primary N) is 1. The molecule has 184 valence electrons. The first kappa shape index (κ1) is 23.5. The maximum Gasteiger partial charge on any atom is 0.255 e. The Morgan fingerprint density at radius 2 is 1.92 bits per heavy atom. The average molecular weight is 488 g/mol. The Kier molecular flexibility index (Phi) is 6.37. The summed E-state index contributed by atoms with van der Waals surface area (Å²) >= 11 is 0. The van der Waals surface area contributed by atoms with Crippen molar-refractivity contribution in [1.82, 2.24) is 19.9 Å². The molecule has 0 spiro atoms. The number of rotatable bonds is 6. The number of ether oxygens (including phenoxy) is 1. The molecule has 0 unspecified atom stereocenters. The molecule has 0 bridgehead atoms. The smallest absolute Gasteiger partial charge is 0.255 e. The van der Waals surface area contributed by atoms with Crippen LogP contribution in [0.5, 0.6) is 5.75 Å². The molecule has 36 heavy (non-hydrogen) atoms. The summed E-state index contributed by atoms with van der Waals surface area (Å²) in [6.07, 6.45) is 6.29.